The van der Waals surface area contributed by atoms with Crippen LogP contribution in [0.3, 0.4) is 0 Å². The highest BCUT2D eigenvalue weighted by atomic mass is 16.5. The highest BCUT2D eigenvalue weighted by Crippen LogP contribution is 2.32. The van der Waals surface area contributed by atoms with Crippen molar-refractivity contribution in [1.82, 2.24) is 10.2 Å². The fourth-order valence-corrected chi connectivity index (χ4v) is 3.17. The molecule has 3 aromatic carbocycles. The molecule has 0 spiro atoms. The molecule has 29 heavy (non-hydrogen) atoms. The molecule has 1 amide bonds. The summed E-state index contributed by atoms with van der Waals surface area (Å²) in [4.78, 5) is 13.4. The summed E-state index contributed by atoms with van der Waals surface area (Å²) in [5.41, 5.74) is 2.99. The Hall–Kier alpha value is -3.93. The third-order valence-corrected chi connectivity index (χ3v) is 4.60. The van der Waals surface area contributed by atoms with E-state index in [1.807, 2.05) is 54.6 Å². The van der Waals surface area contributed by atoms with E-state index in [1.54, 1.807) is 32.4 Å². The summed E-state index contributed by atoms with van der Waals surface area (Å²) in [6.07, 6.45) is 0. The van der Waals surface area contributed by atoms with Crippen LogP contribution in [0.15, 0.2) is 72.8 Å². The van der Waals surface area contributed by atoms with Gasteiger partial charge in [-0.2, -0.15) is 0 Å². The first kappa shape index (κ1) is 18.4. The number of rotatable bonds is 5. The first-order valence-corrected chi connectivity index (χ1v) is 9.05. The van der Waals surface area contributed by atoms with Gasteiger partial charge >= 0.3 is 0 Å². The number of hydrogen-bond donors (Lipinski definition) is 1. The summed E-state index contributed by atoms with van der Waals surface area (Å²) in [5.74, 6) is 0.851. The molecule has 144 valence electrons. The molecule has 0 bridgehead atoms. The summed E-state index contributed by atoms with van der Waals surface area (Å²) in [6.45, 7) is 0. The Morgan fingerprint density at radius 1 is 0.862 bits per heavy atom. The Morgan fingerprint density at radius 2 is 1.62 bits per heavy atom. The van der Waals surface area contributed by atoms with Crippen molar-refractivity contribution in [3.63, 3.8) is 0 Å². The molecule has 0 fully saturated rings. The number of ether oxygens (including phenoxy) is 2. The van der Waals surface area contributed by atoms with Crippen LogP contribution in [0.25, 0.3) is 22.2 Å². The number of methoxy groups -OCH3 is 2. The van der Waals surface area contributed by atoms with Crippen LogP contribution in [0.1, 0.15) is 10.4 Å². The zero-order valence-corrected chi connectivity index (χ0v) is 16.0. The number of nitrogens with one attached hydrogen (secondary N) is 1. The lowest BCUT2D eigenvalue weighted by atomic mass is 10.0. The molecule has 4 aromatic rings. The van der Waals surface area contributed by atoms with Gasteiger partial charge in [0.25, 0.3) is 5.91 Å². The largest absolute Gasteiger partial charge is 0.497 e. The van der Waals surface area contributed by atoms with Crippen molar-refractivity contribution in [2.75, 3.05) is 19.5 Å². The maximum Gasteiger partial charge on any atom is 0.258 e. The van der Waals surface area contributed by atoms with Crippen LogP contribution >= 0.6 is 0 Å². The number of benzene rings is 3. The molecule has 0 aliphatic heterocycles. The monoisotopic (exact) mass is 385 g/mol. The molecule has 0 atom stereocenters. The van der Waals surface area contributed by atoms with Crippen molar-refractivity contribution in [1.29, 1.82) is 0 Å². The van der Waals surface area contributed by atoms with Gasteiger partial charge in [0.2, 0.25) is 0 Å². The molecule has 0 aliphatic carbocycles. The maximum absolute atomic E-state index is 13.4. The Morgan fingerprint density at radius 3 is 2.38 bits per heavy atom. The van der Waals surface area contributed by atoms with Crippen molar-refractivity contribution >= 4 is 22.5 Å². The van der Waals surface area contributed by atoms with Crippen LogP contribution in [0.2, 0.25) is 0 Å². The summed E-state index contributed by atoms with van der Waals surface area (Å²) < 4.78 is 10.6. The lowest BCUT2D eigenvalue weighted by Crippen LogP contribution is -2.16. The molecular weight excluding hydrogens is 366 g/mol. The second-order valence-corrected chi connectivity index (χ2v) is 6.33. The van der Waals surface area contributed by atoms with Gasteiger partial charge in [-0.15, -0.1) is 10.2 Å². The predicted octanol–water partition coefficient (Wildman–Crippen LogP) is 4.57. The van der Waals surface area contributed by atoms with E-state index in [2.05, 4.69) is 15.5 Å². The molecule has 6 heteroatoms. The number of carbonyl (C=O) groups excluding carboxylic acids is 1. The first-order chi connectivity index (χ1) is 14.2. The summed E-state index contributed by atoms with van der Waals surface area (Å²) in [6, 6.07) is 22.2. The van der Waals surface area contributed by atoms with Crippen LogP contribution in [0, 0.1) is 0 Å². The number of hydrogen-bond acceptors (Lipinski definition) is 5. The van der Waals surface area contributed by atoms with E-state index >= 15 is 0 Å². The minimum atomic E-state index is -0.293. The molecule has 4 rings (SSSR count). The molecule has 6 nitrogen and oxygen atoms in total. The van der Waals surface area contributed by atoms with Crippen molar-refractivity contribution in [3.8, 4) is 22.8 Å². The van der Waals surface area contributed by atoms with Crippen LogP contribution in [0.4, 0.5) is 5.69 Å². The molecule has 1 N–H and O–H groups in total. The average molecular weight is 385 g/mol. The number of anilines is 1. The molecule has 1 heterocycles. The van der Waals surface area contributed by atoms with Gasteiger partial charge < -0.3 is 14.8 Å². The average Bonchev–Trinajstić information content (AvgIpc) is 2.79. The van der Waals surface area contributed by atoms with Gasteiger partial charge in [-0.05, 0) is 18.2 Å². The number of aromatic nitrogens is 2. The van der Waals surface area contributed by atoms with Crippen LogP contribution in [-0.4, -0.2) is 30.3 Å². The van der Waals surface area contributed by atoms with Gasteiger partial charge in [0, 0.05) is 17.0 Å². The van der Waals surface area contributed by atoms with Gasteiger partial charge in [-0.3, -0.25) is 4.79 Å². The highest BCUT2D eigenvalue weighted by Gasteiger charge is 2.20. The third kappa shape index (κ3) is 3.60. The summed E-state index contributed by atoms with van der Waals surface area (Å²) in [5, 5.41) is 12.3. The number of carbonyl (C=O) groups is 1. The van der Waals surface area contributed by atoms with E-state index in [0.717, 1.165) is 10.9 Å². The minimum Gasteiger partial charge on any atom is -0.497 e. The Labute approximate surface area is 168 Å². The number of amides is 1. The normalized spacial score (nSPS) is 10.6. The van der Waals surface area contributed by atoms with Crippen LogP contribution < -0.4 is 14.8 Å². The van der Waals surface area contributed by atoms with Crippen molar-refractivity contribution < 1.29 is 14.3 Å². The topological polar surface area (TPSA) is 73.3 Å². The van der Waals surface area contributed by atoms with Crippen LogP contribution in [-0.2, 0) is 0 Å². The molecule has 0 unspecified atom stereocenters. The van der Waals surface area contributed by atoms with E-state index in [9.17, 15) is 4.79 Å². The van der Waals surface area contributed by atoms with Gasteiger partial charge in [0.05, 0.1) is 31.0 Å². The predicted molar refractivity (Wildman–Crippen MR) is 112 cm³/mol. The zero-order valence-electron chi connectivity index (χ0n) is 16.0. The third-order valence-electron chi connectivity index (χ3n) is 4.60. The second kappa shape index (κ2) is 7.98. The zero-order chi connectivity index (χ0) is 20.2. The Bertz CT molecular complexity index is 1180. The van der Waals surface area contributed by atoms with Crippen molar-refractivity contribution in [2.24, 2.45) is 0 Å². The fourth-order valence-electron chi connectivity index (χ4n) is 3.17. The minimum absolute atomic E-state index is 0.293. The molecule has 0 saturated heterocycles. The van der Waals surface area contributed by atoms with E-state index in [1.165, 1.54) is 0 Å². The second-order valence-electron chi connectivity index (χ2n) is 6.33. The maximum atomic E-state index is 13.4. The molecular formula is C23H19N3O3. The SMILES string of the molecule is COc1ccc(NC(=O)c2c(-c3ccccc3)nnc3ccccc23)c(OC)c1. The summed E-state index contributed by atoms with van der Waals surface area (Å²) in [7, 11) is 3.12. The van der Waals surface area contributed by atoms with Gasteiger partial charge in [-0.25, -0.2) is 0 Å². The molecule has 0 saturated carbocycles. The van der Waals surface area contributed by atoms with E-state index in [4.69, 9.17) is 9.47 Å². The van der Waals surface area contributed by atoms with Gasteiger partial charge in [0.1, 0.15) is 17.2 Å². The Balaban J connectivity index is 1.83. The van der Waals surface area contributed by atoms with Crippen molar-refractivity contribution in [2.45, 2.75) is 0 Å². The number of fused-ring (bicyclic) bond motifs is 1. The van der Waals surface area contributed by atoms with E-state index < -0.39 is 0 Å². The van der Waals surface area contributed by atoms with Gasteiger partial charge in [-0.1, -0.05) is 48.5 Å². The number of nitrogens with zero attached hydrogens (tertiary/aromatic N) is 2. The standard InChI is InChI=1S/C23H19N3O3/c1-28-16-12-13-19(20(14-16)29-2)24-23(27)21-17-10-6-7-11-18(17)25-26-22(21)15-8-4-3-5-9-15/h3-14H,1-2H3,(H,24,27). The Kier molecular flexibility index (Phi) is 5.07. The fraction of sp³-hybridized carbons (Fsp3) is 0.0870. The molecule has 0 radical (unpaired) electrons. The van der Waals surface area contributed by atoms with Gasteiger partial charge in [0.15, 0.2) is 0 Å². The van der Waals surface area contributed by atoms with E-state index in [-0.39, 0.29) is 5.91 Å². The highest BCUT2D eigenvalue weighted by molar-refractivity contribution is 6.16. The first-order valence-electron chi connectivity index (χ1n) is 9.05. The van der Waals surface area contributed by atoms with E-state index in [0.29, 0.717) is 34.0 Å². The molecule has 1 aromatic heterocycles. The summed E-state index contributed by atoms with van der Waals surface area (Å²) >= 11 is 0. The van der Waals surface area contributed by atoms with Crippen molar-refractivity contribution in [3.05, 3.63) is 78.4 Å². The van der Waals surface area contributed by atoms with Crippen LogP contribution in [0.5, 0.6) is 11.5 Å². The smallest absolute Gasteiger partial charge is 0.258 e. The quantitative estimate of drug-likeness (QED) is 0.545. The lowest BCUT2D eigenvalue weighted by Gasteiger charge is -2.14. The molecule has 0 aliphatic rings. The lowest BCUT2D eigenvalue weighted by molar-refractivity contribution is 0.102.